The standard InChI is InChI=1S/C16H16ClFN2O3.CH2O2/c1-8-2-3-9(17)12(13(8)18)16-19-4-5-20(16)10-6-22-15-11(21)7-23-14(10)15;2-1-3/h2-5,10-11,14-15,21H,6-7H2,1H3;1H,(H,2,3)/t10-,11+,14+,15+;/m0./s1. The molecule has 1 aromatic carbocycles. The summed E-state index contributed by atoms with van der Waals surface area (Å²) in [6.45, 7) is 2.06. The lowest BCUT2D eigenvalue weighted by Gasteiger charge is -2.20. The molecule has 0 unspecified atom stereocenters. The van der Waals surface area contributed by atoms with Crippen LogP contribution in [-0.4, -0.2) is 57.8 Å². The van der Waals surface area contributed by atoms with Crippen molar-refractivity contribution in [2.24, 2.45) is 0 Å². The fraction of sp³-hybridized carbons (Fsp3) is 0.412. The SMILES string of the molecule is Cc1ccc(Cl)c(-c2nccn2[C@H]2CO[C@H]3[C@@H]2OC[C@H]3O)c1F.O=CO. The number of aromatic nitrogens is 2. The predicted octanol–water partition coefficient (Wildman–Crippen LogP) is 2.05. The second-order valence-electron chi connectivity index (χ2n) is 6.05. The van der Waals surface area contributed by atoms with Gasteiger partial charge in [0.15, 0.2) is 0 Å². The Bertz CT molecular complexity index is 799. The van der Waals surface area contributed by atoms with Crippen molar-refractivity contribution in [1.29, 1.82) is 0 Å². The van der Waals surface area contributed by atoms with Gasteiger partial charge in [-0.15, -0.1) is 0 Å². The summed E-state index contributed by atoms with van der Waals surface area (Å²) in [5.41, 5.74) is 0.783. The summed E-state index contributed by atoms with van der Waals surface area (Å²) in [6.07, 6.45) is 2.11. The molecule has 9 heteroatoms. The molecule has 2 aromatic rings. The average Bonchev–Trinajstić information content (AvgIpc) is 3.30. The zero-order valence-corrected chi connectivity index (χ0v) is 14.6. The van der Waals surface area contributed by atoms with Gasteiger partial charge >= 0.3 is 0 Å². The molecule has 140 valence electrons. The van der Waals surface area contributed by atoms with Gasteiger partial charge in [-0.3, -0.25) is 4.79 Å². The molecular weight excluding hydrogens is 367 g/mol. The highest BCUT2D eigenvalue weighted by molar-refractivity contribution is 6.33. The number of nitrogens with zero attached hydrogens (tertiary/aromatic N) is 2. The highest BCUT2D eigenvalue weighted by Gasteiger charge is 2.48. The van der Waals surface area contributed by atoms with E-state index < -0.39 is 6.10 Å². The minimum absolute atomic E-state index is 0.175. The molecule has 2 aliphatic heterocycles. The number of rotatable bonds is 2. The van der Waals surface area contributed by atoms with Crippen LogP contribution in [0.2, 0.25) is 5.02 Å². The lowest BCUT2D eigenvalue weighted by Crippen LogP contribution is -2.30. The number of hydrogen-bond acceptors (Lipinski definition) is 5. The Balaban J connectivity index is 0.000000613. The summed E-state index contributed by atoms with van der Waals surface area (Å²) in [5, 5.41) is 17.1. The largest absolute Gasteiger partial charge is 0.483 e. The second kappa shape index (κ2) is 7.71. The molecule has 2 saturated heterocycles. The number of hydrogen-bond donors (Lipinski definition) is 2. The first kappa shape index (κ1) is 18.8. The Morgan fingerprint density at radius 2 is 2.04 bits per heavy atom. The zero-order chi connectivity index (χ0) is 18.8. The van der Waals surface area contributed by atoms with Crippen molar-refractivity contribution in [3.05, 3.63) is 40.9 Å². The van der Waals surface area contributed by atoms with E-state index in [9.17, 15) is 9.50 Å². The Hall–Kier alpha value is -2.00. The van der Waals surface area contributed by atoms with Gasteiger partial charge in [0.25, 0.3) is 6.47 Å². The number of fused-ring (bicyclic) bond motifs is 1. The van der Waals surface area contributed by atoms with Crippen molar-refractivity contribution in [1.82, 2.24) is 9.55 Å². The lowest BCUT2D eigenvalue weighted by molar-refractivity contribution is -0.122. The fourth-order valence-corrected chi connectivity index (χ4v) is 3.56. The van der Waals surface area contributed by atoms with Gasteiger partial charge in [-0.05, 0) is 18.6 Å². The molecule has 26 heavy (non-hydrogen) atoms. The van der Waals surface area contributed by atoms with E-state index in [4.69, 9.17) is 31.0 Å². The molecule has 2 fully saturated rings. The van der Waals surface area contributed by atoms with Crippen molar-refractivity contribution in [3.8, 4) is 11.4 Å². The van der Waals surface area contributed by atoms with E-state index >= 15 is 0 Å². The summed E-state index contributed by atoms with van der Waals surface area (Å²) in [6, 6.07) is 3.13. The number of aryl methyl sites for hydroxylation is 1. The van der Waals surface area contributed by atoms with E-state index in [2.05, 4.69) is 4.98 Å². The molecule has 1 aromatic heterocycles. The topological polar surface area (TPSA) is 93.8 Å². The van der Waals surface area contributed by atoms with Gasteiger partial charge in [0.05, 0.1) is 29.8 Å². The summed E-state index contributed by atoms with van der Waals surface area (Å²) >= 11 is 6.21. The fourth-order valence-electron chi connectivity index (χ4n) is 3.33. The minimum Gasteiger partial charge on any atom is -0.483 e. The summed E-state index contributed by atoms with van der Waals surface area (Å²) in [7, 11) is 0. The smallest absolute Gasteiger partial charge is 0.290 e. The number of benzene rings is 1. The predicted molar refractivity (Wildman–Crippen MR) is 90.6 cm³/mol. The third-order valence-electron chi connectivity index (χ3n) is 4.53. The third kappa shape index (κ3) is 3.21. The van der Waals surface area contributed by atoms with Gasteiger partial charge in [0.1, 0.15) is 30.0 Å². The molecular formula is C17H18ClFN2O5. The highest BCUT2D eigenvalue weighted by Crippen LogP contribution is 2.38. The van der Waals surface area contributed by atoms with E-state index in [0.717, 1.165) is 0 Å². The molecule has 0 spiro atoms. The number of aliphatic hydroxyl groups is 1. The van der Waals surface area contributed by atoms with Crippen molar-refractivity contribution in [2.45, 2.75) is 31.3 Å². The van der Waals surface area contributed by atoms with E-state index in [1.807, 2.05) is 4.57 Å². The Labute approximate surface area is 153 Å². The monoisotopic (exact) mass is 384 g/mol. The number of carbonyl (C=O) groups is 1. The van der Waals surface area contributed by atoms with Crippen LogP contribution in [0.15, 0.2) is 24.5 Å². The van der Waals surface area contributed by atoms with E-state index in [1.54, 1.807) is 31.5 Å². The Kier molecular flexibility index (Phi) is 5.57. The molecule has 2 N–H and O–H groups in total. The number of ether oxygens (including phenoxy) is 2. The van der Waals surface area contributed by atoms with Crippen molar-refractivity contribution >= 4 is 18.1 Å². The Morgan fingerprint density at radius 3 is 2.77 bits per heavy atom. The maximum atomic E-state index is 14.6. The maximum absolute atomic E-state index is 14.6. The molecule has 4 atom stereocenters. The second-order valence-corrected chi connectivity index (χ2v) is 6.45. The van der Waals surface area contributed by atoms with E-state index in [1.165, 1.54) is 0 Å². The van der Waals surface area contributed by atoms with Crippen LogP contribution < -0.4 is 0 Å². The maximum Gasteiger partial charge on any atom is 0.290 e. The molecule has 0 aliphatic carbocycles. The van der Waals surface area contributed by atoms with Gasteiger partial charge in [-0.2, -0.15) is 0 Å². The number of halogens is 2. The van der Waals surface area contributed by atoms with Crippen LogP contribution >= 0.6 is 11.6 Å². The van der Waals surface area contributed by atoms with Crippen molar-refractivity contribution in [2.75, 3.05) is 13.2 Å². The van der Waals surface area contributed by atoms with E-state index in [-0.39, 0.29) is 42.7 Å². The molecule has 2 aliphatic rings. The summed E-state index contributed by atoms with van der Waals surface area (Å²) in [4.78, 5) is 12.7. The van der Waals surface area contributed by atoms with Crippen LogP contribution in [0.25, 0.3) is 11.4 Å². The van der Waals surface area contributed by atoms with Gasteiger partial charge in [0, 0.05) is 12.4 Å². The first-order valence-corrected chi connectivity index (χ1v) is 8.34. The quantitative estimate of drug-likeness (QED) is 0.770. The molecule has 0 amide bonds. The van der Waals surface area contributed by atoms with Gasteiger partial charge in [-0.1, -0.05) is 17.7 Å². The van der Waals surface area contributed by atoms with Crippen LogP contribution in [0.1, 0.15) is 11.6 Å². The molecule has 0 saturated carbocycles. The third-order valence-corrected chi connectivity index (χ3v) is 4.85. The van der Waals surface area contributed by atoms with Crippen LogP contribution in [0.3, 0.4) is 0 Å². The zero-order valence-electron chi connectivity index (χ0n) is 13.9. The molecule has 0 radical (unpaired) electrons. The van der Waals surface area contributed by atoms with Crippen LogP contribution in [0.4, 0.5) is 4.39 Å². The van der Waals surface area contributed by atoms with Crippen molar-refractivity contribution in [3.63, 3.8) is 0 Å². The molecule has 7 nitrogen and oxygen atoms in total. The summed E-state index contributed by atoms with van der Waals surface area (Å²) in [5.74, 6) is 0.0585. The first-order valence-electron chi connectivity index (χ1n) is 7.96. The number of aliphatic hydroxyl groups excluding tert-OH is 1. The molecule has 3 heterocycles. The summed E-state index contributed by atoms with van der Waals surface area (Å²) < 4.78 is 27.7. The average molecular weight is 385 g/mol. The first-order chi connectivity index (χ1) is 12.5. The highest BCUT2D eigenvalue weighted by atomic mass is 35.5. The number of imidazole rings is 1. The van der Waals surface area contributed by atoms with Crippen LogP contribution in [-0.2, 0) is 14.3 Å². The molecule has 4 rings (SSSR count). The Morgan fingerprint density at radius 1 is 1.35 bits per heavy atom. The minimum atomic E-state index is -0.628. The van der Waals surface area contributed by atoms with E-state index in [0.29, 0.717) is 23.0 Å². The van der Waals surface area contributed by atoms with Gasteiger partial charge in [-0.25, -0.2) is 9.37 Å². The van der Waals surface area contributed by atoms with Gasteiger partial charge < -0.3 is 24.3 Å². The van der Waals surface area contributed by atoms with Crippen molar-refractivity contribution < 1.29 is 28.9 Å². The van der Waals surface area contributed by atoms with Gasteiger partial charge in [0.2, 0.25) is 0 Å². The molecule has 0 bridgehead atoms. The lowest BCUT2D eigenvalue weighted by atomic mass is 10.1. The normalized spacial score (nSPS) is 26.9. The number of carboxylic acid groups (broad SMARTS) is 1. The van der Waals surface area contributed by atoms with Crippen LogP contribution in [0, 0.1) is 12.7 Å². The van der Waals surface area contributed by atoms with Crippen LogP contribution in [0.5, 0.6) is 0 Å².